The topological polar surface area (TPSA) is 35.5 Å². The number of carbonyl (C=O) groups is 1. The Bertz CT molecular complexity index is 413. The maximum atomic E-state index is 12.6. The van der Waals surface area contributed by atoms with E-state index in [1.54, 1.807) is 13.8 Å². The summed E-state index contributed by atoms with van der Waals surface area (Å²) < 4.78 is 47.3. The van der Waals surface area contributed by atoms with Gasteiger partial charge in [-0.15, -0.1) is 0 Å². The number of carbonyl (C=O) groups excluding carboxylic acids is 1. The summed E-state index contributed by atoms with van der Waals surface area (Å²) in [5, 5.41) is 0. The first kappa shape index (κ1) is 14.3. The minimum absolute atomic E-state index is 0.334. The van der Waals surface area contributed by atoms with Gasteiger partial charge in [0.2, 0.25) is 0 Å². The smallest absolute Gasteiger partial charge is 0.419 e. The molecule has 0 saturated carbocycles. The van der Waals surface area contributed by atoms with Crippen molar-refractivity contribution in [3.63, 3.8) is 0 Å². The third-order valence-electron chi connectivity index (χ3n) is 1.91. The van der Waals surface area contributed by atoms with Crippen LogP contribution in [0.15, 0.2) is 24.3 Å². The molecule has 0 aliphatic heterocycles. The zero-order valence-corrected chi connectivity index (χ0v) is 9.95. The molecule has 1 aromatic carbocycles. The number of esters is 1. The third kappa shape index (κ3) is 4.27. The van der Waals surface area contributed by atoms with Crippen LogP contribution in [0.2, 0.25) is 0 Å². The quantitative estimate of drug-likeness (QED) is 0.782. The highest BCUT2D eigenvalue weighted by molar-refractivity contribution is 5.71. The van der Waals surface area contributed by atoms with Crippen LogP contribution in [-0.4, -0.2) is 18.7 Å². The summed E-state index contributed by atoms with van der Waals surface area (Å²) in [4.78, 5) is 11.2. The van der Waals surface area contributed by atoms with Gasteiger partial charge in [0.1, 0.15) is 5.75 Å². The lowest BCUT2D eigenvalue weighted by molar-refractivity contribution is -0.151. The summed E-state index contributed by atoms with van der Waals surface area (Å²) >= 11 is 0. The van der Waals surface area contributed by atoms with Gasteiger partial charge >= 0.3 is 12.1 Å². The van der Waals surface area contributed by atoms with Gasteiger partial charge in [-0.2, -0.15) is 13.2 Å². The zero-order valence-electron chi connectivity index (χ0n) is 9.95. The van der Waals surface area contributed by atoms with Gasteiger partial charge in [-0.05, 0) is 26.0 Å². The lowest BCUT2D eigenvalue weighted by Crippen LogP contribution is -2.20. The molecule has 0 bridgehead atoms. The summed E-state index contributed by atoms with van der Waals surface area (Å²) in [5.41, 5.74) is -0.914. The third-order valence-corrected chi connectivity index (χ3v) is 1.91. The van der Waals surface area contributed by atoms with E-state index in [4.69, 9.17) is 9.47 Å². The first-order valence-electron chi connectivity index (χ1n) is 5.29. The number of hydrogen-bond donors (Lipinski definition) is 0. The van der Waals surface area contributed by atoms with E-state index < -0.39 is 24.3 Å². The van der Waals surface area contributed by atoms with Gasteiger partial charge in [-0.1, -0.05) is 12.1 Å². The molecule has 18 heavy (non-hydrogen) atoms. The van der Waals surface area contributed by atoms with E-state index in [1.807, 2.05) is 0 Å². The fourth-order valence-electron chi connectivity index (χ4n) is 1.26. The van der Waals surface area contributed by atoms with Crippen molar-refractivity contribution in [1.29, 1.82) is 0 Å². The minimum atomic E-state index is -4.52. The van der Waals surface area contributed by atoms with Gasteiger partial charge in [0.25, 0.3) is 0 Å². The normalized spacial score (nSPS) is 11.4. The SMILES string of the molecule is CC(C)OC(=O)COc1ccccc1C(F)(F)F. The molecule has 0 N–H and O–H groups in total. The first-order valence-corrected chi connectivity index (χ1v) is 5.29. The molecular weight excluding hydrogens is 249 g/mol. The molecule has 0 saturated heterocycles. The van der Waals surface area contributed by atoms with Gasteiger partial charge in [-0.3, -0.25) is 0 Å². The van der Waals surface area contributed by atoms with Crippen molar-refractivity contribution in [3.05, 3.63) is 29.8 Å². The molecule has 0 aromatic heterocycles. The summed E-state index contributed by atoms with van der Waals surface area (Å²) in [6, 6.07) is 4.70. The molecule has 1 rings (SSSR count). The Hall–Kier alpha value is -1.72. The Morgan fingerprint density at radius 3 is 2.44 bits per heavy atom. The average Bonchev–Trinajstić information content (AvgIpc) is 2.24. The van der Waals surface area contributed by atoms with Crippen molar-refractivity contribution in [2.75, 3.05) is 6.61 Å². The van der Waals surface area contributed by atoms with Crippen LogP contribution < -0.4 is 4.74 Å². The molecule has 6 heteroatoms. The van der Waals surface area contributed by atoms with Gasteiger partial charge < -0.3 is 9.47 Å². The molecule has 0 aliphatic rings. The van der Waals surface area contributed by atoms with Crippen molar-refractivity contribution in [2.45, 2.75) is 26.1 Å². The van der Waals surface area contributed by atoms with Crippen molar-refractivity contribution in [3.8, 4) is 5.75 Å². The number of ether oxygens (including phenoxy) is 2. The van der Waals surface area contributed by atoms with Gasteiger partial charge in [-0.25, -0.2) is 4.79 Å². The molecule has 100 valence electrons. The summed E-state index contributed by atoms with van der Waals surface area (Å²) in [6.07, 6.45) is -4.85. The Labute approximate surface area is 103 Å². The Balaban J connectivity index is 2.71. The van der Waals surface area contributed by atoms with E-state index in [-0.39, 0.29) is 11.9 Å². The molecule has 1 aromatic rings. The van der Waals surface area contributed by atoms with Crippen LogP contribution >= 0.6 is 0 Å². The fraction of sp³-hybridized carbons (Fsp3) is 0.417. The molecule has 0 heterocycles. The number of para-hydroxylation sites is 1. The molecule has 0 atom stereocenters. The molecule has 0 fully saturated rings. The van der Waals surface area contributed by atoms with Gasteiger partial charge in [0.15, 0.2) is 6.61 Å². The van der Waals surface area contributed by atoms with E-state index in [9.17, 15) is 18.0 Å². The maximum Gasteiger partial charge on any atom is 0.419 e. The predicted molar refractivity (Wildman–Crippen MR) is 58.2 cm³/mol. The van der Waals surface area contributed by atoms with Crippen molar-refractivity contribution in [1.82, 2.24) is 0 Å². The average molecular weight is 262 g/mol. The Morgan fingerprint density at radius 1 is 1.28 bits per heavy atom. The second-order valence-electron chi connectivity index (χ2n) is 3.82. The number of halogens is 3. The number of hydrogen-bond acceptors (Lipinski definition) is 3. The molecule has 0 amide bonds. The Kier molecular flexibility index (Phi) is 4.58. The van der Waals surface area contributed by atoms with Crippen LogP contribution in [0.25, 0.3) is 0 Å². The lowest BCUT2D eigenvalue weighted by Gasteiger charge is -2.14. The van der Waals surface area contributed by atoms with Crippen molar-refractivity contribution >= 4 is 5.97 Å². The molecular formula is C12H13F3O3. The molecule has 0 radical (unpaired) electrons. The lowest BCUT2D eigenvalue weighted by atomic mass is 10.2. The van der Waals surface area contributed by atoms with E-state index in [1.165, 1.54) is 12.1 Å². The van der Waals surface area contributed by atoms with Crippen LogP contribution in [0.3, 0.4) is 0 Å². The minimum Gasteiger partial charge on any atom is -0.481 e. The first-order chi connectivity index (χ1) is 8.30. The summed E-state index contributed by atoms with van der Waals surface area (Å²) in [7, 11) is 0. The molecule has 0 spiro atoms. The van der Waals surface area contributed by atoms with Crippen LogP contribution in [0.5, 0.6) is 5.75 Å². The number of rotatable bonds is 4. The molecule has 0 aliphatic carbocycles. The van der Waals surface area contributed by atoms with Gasteiger partial charge in [0.05, 0.1) is 11.7 Å². The number of alkyl halides is 3. The summed E-state index contributed by atoms with van der Waals surface area (Å²) in [6.45, 7) is 2.73. The monoisotopic (exact) mass is 262 g/mol. The van der Waals surface area contributed by atoms with Crippen molar-refractivity contribution in [2.24, 2.45) is 0 Å². The largest absolute Gasteiger partial charge is 0.481 e. The second kappa shape index (κ2) is 5.75. The highest BCUT2D eigenvalue weighted by Gasteiger charge is 2.34. The van der Waals surface area contributed by atoms with Crippen LogP contribution in [0.1, 0.15) is 19.4 Å². The van der Waals surface area contributed by atoms with Crippen molar-refractivity contribution < 1.29 is 27.4 Å². The summed E-state index contributed by atoms with van der Waals surface area (Å²) in [5.74, 6) is -1.09. The van der Waals surface area contributed by atoms with E-state index in [2.05, 4.69) is 0 Å². The highest BCUT2D eigenvalue weighted by Crippen LogP contribution is 2.35. The second-order valence-corrected chi connectivity index (χ2v) is 3.82. The number of benzene rings is 1. The highest BCUT2D eigenvalue weighted by atomic mass is 19.4. The zero-order chi connectivity index (χ0) is 13.8. The standard InChI is InChI=1S/C12H13F3O3/c1-8(2)18-11(16)7-17-10-6-4-3-5-9(10)12(13,14)15/h3-6,8H,7H2,1-2H3. The van der Waals surface area contributed by atoms with Crippen LogP contribution in [0, 0.1) is 0 Å². The molecule has 3 nitrogen and oxygen atoms in total. The van der Waals surface area contributed by atoms with Crippen LogP contribution in [0.4, 0.5) is 13.2 Å². The fourth-order valence-corrected chi connectivity index (χ4v) is 1.26. The van der Waals surface area contributed by atoms with Crippen LogP contribution in [-0.2, 0) is 15.7 Å². The van der Waals surface area contributed by atoms with E-state index >= 15 is 0 Å². The molecule has 0 unspecified atom stereocenters. The predicted octanol–water partition coefficient (Wildman–Crippen LogP) is 3.04. The Morgan fingerprint density at radius 2 is 1.89 bits per heavy atom. The van der Waals surface area contributed by atoms with E-state index in [0.717, 1.165) is 12.1 Å². The van der Waals surface area contributed by atoms with Gasteiger partial charge in [0, 0.05) is 0 Å². The maximum absolute atomic E-state index is 12.6. The van der Waals surface area contributed by atoms with E-state index in [0.29, 0.717) is 0 Å².